The van der Waals surface area contributed by atoms with Crippen molar-refractivity contribution in [3.63, 3.8) is 0 Å². The highest BCUT2D eigenvalue weighted by Crippen LogP contribution is 2.37. The van der Waals surface area contributed by atoms with Crippen LogP contribution in [0.5, 0.6) is 0 Å². The quantitative estimate of drug-likeness (QED) is 0.0155. The molecule has 5 aromatic rings. The largest absolute Gasteiger partial charge is 0.465 e. The van der Waals surface area contributed by atoms with E-state index < -0.39 is 57.9 Å². The number of unbranched alkanes of at least 4 members (excludes halogenated alkanes) is 1. The summed E-state index contributed by atoms with van der Waals surface area (Å²) in [6.07, 6.45) is 18.0. The van der Waals surface area contributed by atoms with Gasteiger partial charge < -0.3 is 91.9 Å². The van der Waals surface area contributed by atoms with Gasteiger partial charge in [0.1, 0.15) is 70.6 Å². The number of ether oxygens (including phenoxy) is 6. The lowest BCUT2D eigenvalue weighted by Crippen LogP contribution is -2.54. The van der Waals surface area contributed by atoms with Crippen molar-refractivity contribution in [3.8, 4) is 0 Å². The minimum Gasteiger partial charge on any atom is -0.465 e. The number of aromatic nitrogens is 9. The molecule has 0 aromatic carbocycles. The predicted octanol–water partition coefficient (Wildman–Crippen LogP) is 16.2. The maximum absolute atomic E-state index is 13.1. The van der Waals surface area contributed by atoms with Gasteiger partial charge >= 0.3 is 36.4 Å². The monoisotopic (exact) mass is 1800 g/mol. The number of rotatable bonds is 20. The number of aromatic amines is 1. The molecule has 1 atom stereocenters. The highest BCUT2D eigenvalue weighted by atomic mass is 79.9. The summed E-state index contributed by atoms with van der Waals surface area (Å²) in [5, 5.41) is 10.8. The van der Waals surface area contributed by atoms with Gasteiger partial charge in [0.25, 0.3) is 0 Å². The van der Waals surface area contributed by atoms with E-state index in [4.69, 9.17) is 75.2 Å². The molecule has 0 bridgehead atoms. The molecule has 0 aliphatic carbocycles. The van der Waals surface area contributed by atoms with E-state index in [0.29, 0.717) is 99.4 Å². The lowest BCUT2D eigenvalue weighted by Gasteiger charge is -2.40. The molecule has 12 N–H and O–H groups in total. The molecule has 0 spiro atoms. The normalized spacial score (nSPS) is 16.7. The number of alkyl carbamates (subject to hydrolysis) is 3. The SMILES string of the molecule is CC1(N)CCN(c2cnc(Sc3ccncc3Cl)c(N)n2)CC1.CC1(NC(=O)OC(C)(C)C)CCN(c2c[nH]c(=S)c(N)n2)CC1.CC1(NC(=O)OC(C)(C)C)CCN(c2cnc(Br)c(N(C(=O)OC(C)(C)C)C(=O)OC(C)(C)C)n2)CC1.CCCCC(CC)COC(=O)CCSc1ncc(N2CCC(C)(NC(=O)OC(C)(C)C)CC2)nc1N. The number of anilines is 8. The van der Waals surface area contributed by atoms with Gasteiger partial charge in [-0.05, 0) is 217 Å². The first kappa shape index (κ1) is 99.6. The van der Waals surface area contributed by atoms with Crippen LogP contribution in [0.15, 0.2) is 62.8 Å². The molecular formula is C81H129BrClN21O12S3. The van der Waals surface area contributed by atoms with Crippen molar-refractivity contribution in [2.45, 2.75) is 294 Å². The van der Waals surface area contributed by atoms with Crippen LogP contribution in [0.4, 0.5) is 70.5 Å². The Hall–Kier alpha value is -8.26. The number of hydrogen-bond donors (Lipinski definition) is 8. The summed E-state index contributed by atoms with van der Waals surface area (Å²) in [6.45, 7) is 45.5. The topological polar surface area (TPSA) is 433 Å². The molecule has 119 heavy (non-hydrogen) atoms. The number of H-pyrrole nitrogens is 1. The van der Waals surface area contributed by atoms with Crippen LogP contribution in [-0.2, 0) is 33.2 Å². The summed E-state index contributed by atoms with van der Waals surface area (Å²) in [6, 6.07) is 1.83. The molecule has 9 rings (SSSR count). The number of carbonyl (C=O) groups excluding carboxylic acids is 6. The molecule has 5 amide bonds. The van der Waals surface area contributed by atoms with Crippen molar-refractivity contribution in [3.05, 3.63) is 57.5 Å². The average molecular weight is 1800 g/mol. The zero-order chi connectivity index (χ0) is 88.9. The van der Waals surface area contributed by atoms with Crippen LogP contribution in [0.1, 0.15) is 229 Å². The Bertz CT molecular complexity index is 4230. The predicted molar refractivity (Wildman–Crippen MR) is 476 cm³/mol. The number of carbonyl (C=O) groups is 6. The fourth-order valence-electron chi connectivity index (χ4n) is 12.3. The number of esters is 1. The Morgan fingerprint density at radius 2 is 0.975 bits per heavy atom. The number of amides is 5. The molecule has 0 radical (unpaired) electrons. The van der Waals surface area contributed by atoms with E-state index in [1.165, 1.54) is 29.9 Å². The standard InChI is InChI=1S/C26H45N5O4S.C25H40BrN5O6.C15H19ClN6S.C15H25N5O2S/c1-7-9-10-19(8-2)18-34-21(32)11-16-36-23-22(27)29-20(17-28-23)31-14-12-26(6,13-15-31)30-24(33)35-25(3,4)5;1-22(2,3)35-19(32)29-25(10)11-13-30(14-12-25)16-15-27-17(26)18(28-16)31(20(33)36-23(4,5)6)21(34)37-24(7,8)9;1-15(18)3-6-22(7-4-15)12-9-20-14(13(17)21-12)23-11-2-5-19-8-10(11)16;1-14(2,3)22-13(21)19-15(4)5-7-20(8-6-15)10-9-17-12(23)11(16)18-10/h17,19H,7-16,18H2,1-6H3,(H2,27,29)(H,30,33);15H,11-14H2,1-10H3,(H,29,32);2,5,8-9H,3-4,6-7,18H2,1H3,(H2,17,21);9H,5-8H2,1-4H3,(H2,16,18)(H,17,23)(H,19,21). The Morgan fingerprint density at radius 1 is 0.580 bits per heavy atom. The first-order chi connectivity index (χ1) is 55.1. The van der Waals surface area contributed by atoms with E-state index in [-0.39, 0.29) is 39.1 Å². The first-order valence-corrected chi connectivity index (χ1v) is 43.8. The molecule has 4 aliphatic rings. The van der Waals surface area contributed by atoms with Crippen molar-refractivity contribution in [2.24, 2.45) is 11.7 Å². The third kappa shape index (κ3) is 34.6. The molecule has 5 aromatic heterocycles. The van der Waals surface area contributed by atoms with Crippen molar-refractivity contribution in [1.82, 2.24) is 60.8 Å². The number of pyridine rings is 1. The number of hydrogen-bond acceptors (Lipinski definition) is 31. The lowest BCUT2D eigenvalue weighted by atomic mass is 9.90. The summed E-state index contributed by atoms with van der Waals surface area (Å²) in [5.74, 6) is 4.60. The second kappa shape index (κ2) is 43.0. The summed E-state index contributed by atoms with van der Waals surface area (Å²) >= 11 is 17.2. The number of thioether (sulfide) groups is 1. The molecule has 4 aliphatic heterocycles. The maximum atomic E-state index is 13.1. The fraction of sp³-hybridized carbons (Fsp3) is 0.667. The van der Waals surface area contributed by atoms with E-state index in [0.717, 1.165) is 118 Å². The number of nitrogen functional groups attached to an aromatic ring is 3. The molecule has 38 heteroatoms. The van der Waals surface area contributed by atoms with Gasteiger partial charge in [-0.1, -0.05) is 68.7 Å². The average Bonchev–Trinajstić information content (AvgIpc) is 0.808. The summed E-state index contributed by atoms with van der Waals surface area (Å²) in [5.41, 5.74) is 19.7. The smallest absolute Gasteiger partial charge is 0.425 e. The van der Waals surface area contributed by atoms with Crippen LogP contribution in [0, 0.1) is 10.6 Å². The Kier molecular flexibility index (Phi) is 36.0. The van der Waals surface area contributed by atoms with Gasteiger partial charge in [0.2, 0.25) is 0 Å². The van der Waals surface area contributed by atoms with E-state index in [9.17, 15) is 28.8 Å². The number of imide groups is 1. The second-order valence-corrected chi connectivity index (χ2v) is 39.9. The minimum atomic E-state index is -0.929. The van der Waals surface area contributed by atoms with Gasteiger partial charge in [0.15, 0.2) is 23.3 Å². The molecule has 9 heterocycles. The maximum Gasteiger partial charge on any atom is 0.425 e. The highest BCUT2D eigenvalue weighted by molar-refractivity contribution is 9.10. The number of halogens is 2. The van der Waals surface area contributed by atoms with Gasteiger partial charge in [-0.3, -0.25) is 9.78 Å². The lowest BCUT2D eigenvalue weighted by molar-refractivity contribution is -0.144. The van der Waals surface area contributed by atoms with Gasteiger partial charge in [-0.25, -0.2) is 58.9 Å². The molecular weight excluding hydrogens is 1670 g/mol. The first-order valence-electron chi connectivity index (χ1n) is 40.4. The van der Waals surface area contributed by atoms with Gasteiger partial charge in [-0.2, -0.15) is 4.90 Å². The van der Waals surface area contributed by atoms with Crippen molar-refractivity contribution in [2.75, 3.05) is 106 Å². The van der Waals surface area contributed by atoms with Crippen LogP contribution in [0.25, 0.3) is 0 Å². The fourth-order valence-corrected chi connectivity index (χ4v) is 14.5. The minimum absolute atomic E-state index is 0.0405. The van der Waals surface area contributed by atoms with Gasteiger partial charge in [-0.15, -0.1) is 11.8 Å². The van der Waals surface area contributed by atoms with Crippen LogP contribution >= 0.6 is 63.3 Å². The van der Waals surface area contributed by atoms with Gasteiger partial charge in [0.05, 0.1) is 36.6 Å². The summed E-state index contributed by atoms with van der Waals surface area (Å²) in [7, 11) is 0. The van der Waals surface area contributed by atoms with Crippen molar-refractivity contribution in [1.29, 1.82) is 0 Å². The molecule has 33 nitrogen and oxygen atoms in total. The van der Waals surface area contributed by atoms with E-state index in [1.807, 2.05) is 94.1 Å². The number of nitrogens with zero attached hydrogens (tertiary/aromatic N) is 13. The summed E-state index contributed by atoms with van der Waals surface area (Å²) in [4.78, 5) is 123. The van der Waals surface area contributed by atoms with Crippen LogP contribution in [0.3, 0.4) is 0 Å². The molecule has 4 fully saturated rings. The Balaban J connectivity index is 0.000000251. The van der Waals surface area contributed by atoms with Gasteiger partial charge in [0, 0.05) is 104 Å². The van der Waals surface area contributed by atoms with Crippen LogP contribution in [0.2, 0.25) is 5.02 Å². The number of nitrogens with one attached hydrogen (secondary N) is 4. The van der Waals surface area contributed by atoms with Crippen LogP contribution in [-0.4, -0.2) is 196 Å². The molecule has 4 saturated heterocycles. The zero-order valence-electron chi connectivity index (χ0n) is 73.4. The zero-order valence-corrected chi connectivity index (χ0v) is 78.2. The number of piperidine rings is 4. The van der Waals surface area contributed by atoms with E-state index in [2.05, 4.69) is 112 Å². The van der Waals surface area contributed by atoms with Crippen LogP contribution < -0.4 is 63.4 Å². The third-order valence-electron chi connectivity index (χ3n) is 19.1. The highest BCUT2D eigenvalue weighted by Gasteiger charge is 2.40. The molecule has 1 unspecified atom stereocenters. The van der Waals surface area contributed by atoms with E-state index >= 15 is 0 Å². The van der Waals surface area contributed by atoms with Crippen molar-refractivity contribution < 1.29 is 57.2 Å². The second-order valence-electron chi connectivity index (χ2n) is 36.2. The third-order valence-corrected chi connectivity index (χ3v) is 22.5. The Labute approximate surface area is 729 Å². The number of nitrogens with two attached hydrogens (primary N) is 4. The molecule has 0 saturated carbocycles. The Morgan fingerprint density at radius 3 is 1.37 bits per heavy atom. The van der Waals surface area contributed by atoms with Crippen molar-refractivity contribution >= 4 is 146 Å². The van der Waals surface area contributed by atoms with E-state index in [1.54, 1.807) is 78.7 Å². The summed E-state index contributed by atoms with van der Waals surface area (Å²) < 4.78 is 33.2. The molecule has 662 valence electrons.